The van der Waals surface area contributed by atoms with E-state index in [1.807, 2.05) is 13.0 Å². The number of benzene rings is 1. The molecule has 0 spiro atoms. The van der Waals surface area contributed by atoms with Crippen molar-refractivity contribution in [2.45, 2.75) is 65.0 Å². The number of aryl methyl sites for hydroxylation is 2. The number of carbonyl (C=O) groups excluding carboxylic acids is 1. The highest BCUT2D eigenvalue weighted by molar-refractivity contribution is 6.33. The molecule has 2 aromatic heterocycles. The summed E-state index contributed by atoms with van der Waals surface area (Å²) in [5, 5.41) is 1.34. The fourth-order valence-corrected chi connectivity index (χ4v) is 7.27. The van der Waals surface area contributed by atoms with E-state index in [1.54, 1.807) is 9.47 Å². The summed E-state index contributed by atoms with van der Waals surface area (Å²) >= 11 is 7.00. The molecule has 1 aliphatic carbocycles. The van der Waals surface area contributed by atoms with Crippen LogP contribution >= 0.6 is 11.6 Å². The zero-order valence-corrected chi connectivity index (χ0v) is 24.3. The third-order valence-electron chi connectivity index (χ3n) is 9.04. The van der Waals surface area contributed by atoms with Gasteiger partial charge in [-0.1, -0.05) is 50.2 Å². The van der Waals surface area contributed by atoms with Crippen LogP contribution < -0.4 is 15.5 Å². The van der Waals surface area contributed by atoms with Gasteiger partial charge in [0.15, 0.2) is 5.65 Å². The van der Waals surface area contributed by atoms with Crippen molar-refractivity contribution in [1.29, 1.82) is 0 Å². The summed E-state index contributed by atoms with van der Waals surface area (Å²) in [4.78, 5) is 42.5. The van der Waals surface area contributed by atoms with Gasteiger partial charge in [0.2, 0.25) is 5.91 Å². The molecule has 210 valence electrons. The number of amides is 1. The van der Waals surface area contributed by atoms with Crippen LogP contribution in [0.25, 0.3) is 16.7 Å². The number of rotatable bonds is 6. The Balaban J connectivity index is 1.57. The van der Waals surface area contributed by atoms with Crippen molar-refractivity contribution >= 4 is 40.2 Å². The Morgan fingerprint density at radius 2 is 1.82 bits per heavy atom. The lowest BCUT2D eigenvalue weighted by Crippen LogP contribution is -2.54. The van der Waals surface area contributed by atoms with Gasteiger partial charge in [0.05, 0.1) is 16.1 Å². The molecule has 2 aliphatic heterocycles. The molecule has 8 nitrogen and oxygen atoms in total. The number of fused-ring (bicyclic) bond motifs is 3. The SMILES string of the molecule is C=CC(=O)N1CCN(c2nc(=O)n(-c3c(CC)cccc3CC)c3nc(N4C[C@@H]5CC[C@H]4C5)c(Cl)cc23)[C@@H](C)C1. The molecule has 2 bridgehead atoms. The number of aromatic nitrogens is 3. The van der Waals surface area contributed by atoms with Crippen LogP contribution in [0.5, 0.6) is 0 Å². The lowest BCUT2D eigenvalue weighted by molar-refractivity contribution is -0.126. The number of nitrogens with zero attached hydrogens (tertiary/aromatic N) is 6. The predicted octanol–water partition coefficient (Wildman–Crippen LogP) is 4.77. The van der Waals surface area contributed by atoms with Gasteiger partial charge in [-0.05, 0) is 68.2 Å². The minimum absolute atomic E-state index is 0.0505. The number of hydrogen-bond donors (Lipinski definition) is 0. The molecular weight excluding hydrogens is 524 g/mol. The van der Waals surface area contributed by atoms with Gasteiger partial charge >= 0.3 is 5.69 Å². The number of anilines is 2. The second-order valence-corrected chi connectivity index (χ2v) is 11.8. The Hall–Kier alpha value is -3.39. The Morgan fingerprint density at radius 1 is 1.07 bits per heavy atom. The Labute approximate surface area is 240 Å². The van der Waals surface area contributed by atoms with E-state index in [9.17, 15) is 9.59 Å². The van der Waals surface area contributed by atoms with Gasteiger partial charge in [-0.3, -0.25) is 4.79 Å². The van der Waals surface area contributed by atoms with Gasteiger partial charge in [0.1, 0.15) is 11.6 Å². The van der Waals surface area contributed by atoms with Crippen LogP contribution in [0.4, 0.5) is 11.6 Å². The monoisotopic (exact) mass is 560 g/mol. The number of para-hydroxylation sites is 1. The van der Waals surface area contributed by atoms with Gasteiger partial charge in [0.25, 0.3) is 0 Å². The van der Waals surface area contributed by atoms with E-state index in [0.29, 0.717) is 48.1 Å². The standard InChI is InChI=1S/C31H37ClN6O2/c1-5-21-9-8-10-22(6-2)27(21)38-29-24(16-25(32)30(33-29)37-18-20-11-12-23(37)15-20)28(34-31(38)40)36-14-13-35(17-19(36)4)26(39)7-3/h7-10,16,19-20,23H,3,5-6,11-15,17-18H2,1-2,4H3/t19-,20+,23-/m0/s1. The van der Waals surface area contributed by atoms with E-state index in [0.717, 1.165) is 53.8 Å². The molecule has 9 heteroatoms. The molecule has 0 unspecified atom stereocenters. The molecule has 6 rings (SSSR count). The molecule has 2 saturated heterocycles. The van der Waals surface area contributed by atoms with Gasteiger partial charge in [-0.15, -0.1) is 0 Å². The number of pyridine rings is 1. The quantitative estimate of drug-likeness (QED) is 0.404. The van der Waals surface area contributed by atoms with Crippen molar-refractivity contribution in [3.8, 4) is 5.69 Å². The molecule has 1 saturated carbocycles. The summed E-state index contributed by atoms with van der Waals surface area (Å²) in [6, 6.07) is 8.56. The highest BCUT2D eigenvalue weighted by Gasteiger charge is 2.40. The number of carbonyl (C=O) groups is 1. The molecule has 1 amide bonds. The average Bonchev–Trinajstić information content (AvgIpc) is 3.60. The zero-order valence-electron chi connectivity index (χ0n) is 23.6. The number of halogens is 1. The predicted molar refractivity (Wildman–Crippen MR) is 161 cm³/mol. The van der Waals surface area contributed by atoms with E-state index >= 15 is 0 Å². The first-order valence-electron chi connectivity index (χ1n) is 14.5. The zero-order chi connectivity index (χ0) is 28.1. The van der Waals surface area contributed by atoms with Crippen molar-refractivity contribution in [2.24, 2.45) is 5.92 Å². The van der Waals surface area contributed by atoms with Crippen molar-refractivity contribution in [3.63, 3.8) is 0 Å². The summed E-state index contributed by atoms with van der Waals surface area (Å²) in [7, 11) is 0. The van der Waals surface area contributed by atoms with Crippen LogP contribution in [0.15, 0.2) is 41.7 Å². The fraction of sp³-hybridized carbons (Fsp3) is 0.484. The van der Waals surface area contributed by atoms with Crippen molar-refractivity contribution in [2.75, 3.05) is 36.0 Å². The van der Waals surface area contributed by atoms with E-state index in [-0.39, 0.29) is 17.6 Å². The topological polar surface area (TPSA) is 74.6 Å². The summed E-state index contributed by atoms with van der Waals surface area (Å²) in [5.74, 6) is 1.92. The van der Waals surface area contributed by atoms with E-state index < -0.39 is 0 Å². The molecule has 3 atom stereocenters. The number of piperidine rings is 1. The first-order chi connectivity index (χ1) is 19.3. The molecule has 4 heterocycles. The Bertz CT molecular complexity index is 1530. The molecule has 3 fully saturated rings. The summed E-state index contributed by atoms with van der Waals surface area (Å²) in [6.07, 6.45) is 6.50. The highest BCUT2D eigenvalue weighted by Crippen LogP contribution is 2.43. The third kappa shape index (κ3) is 4.37. The minimum Gasteiger partial charge on any atom is -0.352 e. The maximum Gasteiger partial charge on any atom is 0.355 e. The second-order valence-electron chi connectivity index (χ2n) is 11.4. The second kappa shape index (κ2) is 10.5. The van der Waals surface area contributed by atoms with Gasteiger partial charge in [-0.2, -0.15) is 4.98 Å². The van der Waals surface area contributed by atoms with E-state index in [1.165, 1.54) is 18.9 Å². The van der Waals surface area contributed by atoms with Gasteiger partial charge in [-0.25, -0.2) is 14.3 Å². The van der Waals surface area contributed by atoms with Crippen LogP contribution in [0.2, 0.25) is 5.02 Å². The third-order valence-corrected chi connectivity index (χ3v) is 9.32. The van der Waals surface area contributed by atoms with E-state index in [2.05, 4.69) is 48.4 Å². The average molecular weight is 561 g/mol. The van der Waals surface area contributed by atoms with Gasteiger partial charge in [0, 0.05) is 38.3 Å². The minimum atomic E-state index is -0.349. The maximum atomic E-state index is 14.1. The summed E-state index contributed by atoms with van der Waals surface area (Å²) in [5.41, 5.74) is 3.28. The first kappa shape index (κ1) is 26.8. The van der Waals surface area contributed by atoms with Crippen LogP contribution in [0, 0.1) is 5.92 Å². The van der Waals surface area contributed by atoms with Crippen LogP contribution in [0.3, 0.4) is 0 Å². The smallest absolute Gasteiger partial charge is 0.352 e. The highest BCUT2D eigenvalue weighted by atomic mass is 35.5. The summed E-state index contributed by atoms with van der Waals surface area (Å²) in [6.45, 7) is 12.4. The van der Waals surface area contributed by atoms with Crippen molar-refractivity contribution < 1.29 is 4.79 Å². The van der Waals surface area contributed by atoms with E-state index in [4.69, 9.17) is 21.6 Å². The van der Waals surface area contributed by atoms with Crippen molar-refractivity contribution in [3.05, 3.63) is 63.6 Å². The van der Waals surface area contributed by atoms with Crippen LogP contribution in [-0.2, 0) is 17.6 Å². The molecule has 0 N–H and O–H groups in total. The molecular formula is C31H37ClN6O2. The fourth-order valence-electron chi connectivity index (χ4n) is 7.01. The first-order valence-corrected chi connectivity index (χ1v) is 14.9. The lowest BCUT2D eigenvalue weighted by Gasteiger charge is -2.40. The Kier molecular flexibility index (Phi) is 7.07. The Morgan fingerprint density at radius 3 is 2.42 bits per heavy atom. The number of hydrogen-bond acceptors (Lipinski definition) is 6. The number of piperazine rings is 1. The van der Waals surface area contributed by atoms with Gasteiger partial charge < -0.3 is 14.7 Å². The molecule has 40 heavy (non-hydrogen) atoms. The van der Waals surface area contributed by atoms with Crippen LogP contribution in [0.1, 0.15) is 51.2 Å². The molecule has 1 aromatic carbocycles. The molecule has 0 radical (unpaired) electrons. The van der Waals surface area contributed by atoms with Crippen molar-refractivity contribution in [1.82, 2.24) is 19.4 Å². The normalized spacial score (nSPS) is 22.4. The molecule has 3 aromatic rings. The maximum absolute atomic E-state index is 14.1. The van der Waals surface area contributed by atoms with Crippen LogP contribution in [-0.4, -0.2) is 63.6 Å². The largest absolute Gasteiger partial charge is 0.355 e. The lowest BCUT2D eigenvalue weighted by atomic mass is 10.0. The summed E-state index contributed by atoms with van der Waals surface area (Å²) < 4.78 is 1.72. The molecule has 3 aliphatic rings.